The average molecular weight is 934 g/mol. The predicted octanol–water partition coefficient (Wildman–Crippen LogP) is 7.09. The van der Waals surface area contributed by atoms with Crippen molar-refractivity contribution >= 4 is 79.8 Å². The van der Waals surface area contributed by atoms with E-state index in [1.807, 2.05) is 11.9 Å². The molecule has 65 heavy (non-hydrogen) atoms. The molecule has 0 spiro atoms. The number of methoxy groups -OCH3 is 2. The molecular weight excluding hydrogens is 885 g/mol. The highest BCUT2D eigenvalue weighted by atomic mass is 35.5. The highest BCUT2D eigenvalue weighted by molar-refractivity contribution is 6.31. The van der Waals surface area contributed by atoms with Gasteiger partial charge in [-0.3, -0.25) is 14.5 Å². The number of carbonyl (C=O) groups excluding carboxylic acids is 2. The van der Waals surface area contributed by atoms with E-state index in [4.69, 9.17) is 42.1 Å². The Hall–Kier alpha value is -6.34. The Morgan fingerprint density at radius 3 is 1.65 bits per heavy atom. The van der Waals surface area contributed by atoms with Gasteiger partial charge >= 0.3 is 0 Å². The molecule has 20 heteroatoms. The number of nitrogens with zero attached hydrogens (tertiary/aromatic N) is 7. The fraction of sp³-hybridized carbons (Fsp3) is 0.333. The number of ether oxygens (including phenoxy) is 4. The zero-order valence-corrected chi connectivity index (χ0v) is 38.2. The minimum atomic E-state index is -0.496. The number of halogens is 4. The third-order valence-electron chi connectivity index (χ3n) is 10.9. The monoisotopic (exact) mass is 932 g/mol. The van der Waals surface area contributed by atoms with Gasteiger partial charge in [0, 0.05) is 88.4 Å². The van der Waals surface area contributed by atoms with Crippen LogP contribution in [0.15, 0.2) is 73.3 Å². The summed E-state index contributed by atoms with van der Waals surface area (Å²) in [5, 5.41) is 10.9. The summed E-state index contributed by atoms with van der Waals surface area (Å²) in [5.41, 5.74) is 2.46. The number of aromatic nitrogens is 4. The highest BCUT2D eigenvalue weighted by Gasteiger charge is 2.37. The maximum Gasteiger partial charge on any atom is 0.239 e. The second kappa shape index (κ2) is 20.2. The van der Waals surface area contributed by atoms with Crippen LogP contribution in [0.5, 0.6) is 23.0 Å². The van der Waals surface area contributed by atoms with E-state index in [-0.39, 0.29) is 46.2 Å². The van der Waals surface area contributed by atoms with Crippen LogP contribution in [-0.4, -0.2) is 133 Å². The van der Waals surface area contributed by atoms with E-state index in [0.717, 1.165) is 0 Å². The molecule has 6 aromatic rings. The zero-order chi connectivity index (χ0) is 46.5. The molecule has 0 radical (unpaired) electrons. The molecule has 2 fully saturated rings. The van der Waals surface area contributed by atoms with Gasteiger partial charge in [0.05, 0.1) is 47.4 Å². The van der Waals surface area contributed by atoms with Crippen LogP contribution in [-0.2, 0) is 9.59 Å². The predicted molar refractivity (Wildman–Crippen MR) is 245 cm³/mol. The Morgan fingerprint density at radius 2 is 1.18 bits per heavy atom. The Morgan fingerprint density at radius 1 is 0.692 bits per heavy atom. The topological polar surface area (TPSA) is 168 Å². The van der Waals surface area contributed by atoms with E-state index >= 15 is 0 Å². The maximum absolute atomic E-state index is 13.5. The molecule has 0 unspecified atom stereocenters. The van der Waals surface area contributed by atoms with Gasteiger partial charge in [0.1, 0.15) is 48.1 Å². The van der Waals surface area contributed by atoms with Crippen molar-refractivity contribution in [2.45, 2.75) is 37.1 Å². The number of likely N-dealkylation sites (tertiary alicyclic amines) is 1. The summed E-state index contributed by atoms with van der Waals surface area (Å²) in [6.07, 6.45) is 3.64. The minimum Gasteiger partial charge on any atom is -0.493 e. The van der Waals surface area contributed by atoms with Crippen molar-refractivity contribution in [1.82, 2.24) is 40.0 Å². The molecule has 3 N–H and O–H groups in total. The minimum absolute atomic E-state index is 0.0119. The van der Waals surface area contributed by atoms with Gasteiger partial charge in [-0.2, -0.15) is 0 Å². The summed E-state index contributed by atoms with van der Waals surface area (Å²) >= 11 is 11.8. The standard InChI is InChI=1S/C23H25ClFN5O3.C22H23ClFN5O3/c1-29(2)23(31)19-8-14(11-30(19)3)33-21-10-18-15(9-20(21)32-4)22(27-12-26-18)28-13-5-6-17(25)16(24)7-13;1-29(2)22(30)18-7-13(10-25-18)32-20-9-17-14(8-19(20)31-3)21(27-11-26-17)28-12-4-5-16(24)15(23)6-12/h5-7,9-10,12,14,19H,8,11H2,1-4H3,(H,26,27,28);4-6,8-9,11,13,18,25H,7,10H2,1-3H3,(H,26,27,28)/t14-,19-;13-,18-/m00/s1. The molecule has 2 saturated heterocycles. The van der Waals surface area contributed by atoms with Gasteiger partial charge in [-0.05, 0) is 55.6 Å². The number of rotatable bonds is 12. The van der Waals surface area contributed by atoms with E-state index in [9.17, 15) is 18.4 Å². The van der Waals surface area contributed by atoms with Gasteiger partial charge in [0.2, 0.25) is 11.8 Å². The third kappa shape index (κ3) is 10.8. The summed E-state index contributed by atoms with van der Waals surface area (Å²) in [7, 11) is 12.0. The molecule has 8 rings (SSSR count). The second-order valence-electron chi connectivity index (χ2n) is 15.8. The lowest BCUT2D eigenvalue weighted by molar-refractivity contribution is -0.133. The molecule has 342 valence electrons. The number of fused-ring (bicyclic) bond motifs is 2. The summed E-state index contributed by atoms with van der Waals surface area (Å²) < 4.78 is 50.5. The van der Waals surface area contributed by atoms with Gasteiger partial charge in [-0.25, -0.2) is 28.7 Å². The van der Waals surface area contributed by atoms with E-state index in [1.165, 1.54) is 36.9 Å². The average Bonchev–Trinajstić information content (AvgIpc) is 3.91. The first-order chi connectivity index (χ1) is 31.1. The molecule has 2 aliphatic heterocycles. The molecular formula is C45H48Cl2F2N10O6. The van der Waals surface area contributed by atoms with E-state index in [0.29, 0.717) is 93.7 Å². The number of benzene rings is 4. The summed E-state index contributed by atoms with van der Waals surface area (Å²) in [6, 6.07) is 15.3. The van der Waals surface area contributed by atoms with Crippen LogP contribution in [0.2, 0.25) is 10.0 Å². The lowest BCUT2D eigenvalue weighted by atomic mass is 10.1. The summed E-state index contributed by atoms with van der Waals surface area (Å²) in [6.45, 7) is 1.17. The van der Waals surface area contributed by atoms with E-state index in [2.05, 4.69) is 35.9 Å². The first-order valence-electron chi connectivity index (χ1n) is 20.4. The Labute approximate surface area is 384 Å². The molecule has 4 heterocycles. The highest BCUT2D eigenvalue weighted by Crippen LogP contribution is 2.38. The van der Waals surface area contributed by atoms with Crippen LogP contribution in [0.3, 0.4) is 0 Å². The number of hydrogen-bond donors (Lipinski definition) is 3. The molecule has 4 atom stereocenters. The van der Waals surface area contributed by atoms with Crippen LogP contribution in [0.1, 0.15) is 12.8 Å². The largest absolute Gasteiger partial charge is 0.493 e. The molecule has 2 aromatic heterocycles. The molecule has 0 bridgehead atoms. The van der Waals surface area contributed by atoms with Gasteiger partial charge < -0.3 is 44.7 Å². The molecule has 16 nitrogen and oxygen atoms in total. The van der Waals surface area contributed by atoms with Crippen molar-refractivity contribution in [3.63, 3.8) is 0 Å². The molecule has 2 amide bonds. The number of likely N-dealkylation sites (N-methyl/N-ethyl adjacent to an activating group) is 3. The van der Waals surface area contributed by atoms with Crippen molar-refractivity contribution in [3.8, 4) is 23.0 Å². The van der Waals surface area contributed by atoms with Gasteiger partial charge in [0.15, 0.2) is 23.0 Å². The van der Waals surface area contributed by atoms with Crippen molar-refractivity contribution in [2.24, 2.45) is 0 Å². The normalized spacial score (nSPS) is 18.1. The van der Waals surface area contributed by atoms with Gasteiger partial charge in [-0.1, -0.05) is 23.2 Å². The number of carbonyl (C=O) groups is 2. The van der Waals surface area contributed by atoms with Crippen molar-refractivity contribution in [1.29, 1.82) is 0 Å². The lowest BCUT2D eigenvalue weighted by Gasteiger charge is -2.21. The molecule has 2 aliphatic rings. The van der Waals surface area contributed by atoms with Gasteiger partial charge in [-0.15, -0.1) is 0 Å². The quantitative estimate of drug-likeness (QED) is 0.114. The van der Waals surface area contributed by atoms with Crippen LogP contribution in [0, 0.1) is 11.6 Å². The second-order valence-corrected chi connectivity index (χ2v) is 16.6. The van der Waals surface area contributed by atoms with E-state index < -0.39 is 11.6 Å². The maximum atomic E-state index is 13.5. The first-order valence-corrected chi connectivity index (χ1v) is 21.2. The number of amides is 2. The Balaban J connectivity index is 0.000000194. The van der Waals surface area contributed by atoms with Crippen molar-refractivity contribution in [3.05, 3.63) is 95.0 Å². The van der Waals surface area contributed by atoms with Crippen molar-refractivity contribution < 1.29 is 37.3 Å². The Bertz CT molecular complexity index is 2720. The third-order valence-corrected chi connectivity index (χ3v) is 11.4. The number of anilines is 4. The van der Waals surface area contributed by atoms with E-state index in [1.54, 1.807) is 88.6 Å². The molecule has 0 aliphatic carbocycles. The van der Waals surface area contributed by atoms with Crippen LogP contribution >= 0.6 is 23.2 Å². The van der Waals surface area contributed by atoms with Gasteiger partial charge in [0.25, 0.3) is 0 Å². The molecule has 0 saturated carbocycles. The van der Waals surface area contributed by atoms with Crippen LogP contribution in [0.25, 0.3) is 21.8 Å². The fourth-order valence-corrected chi connectivity index (χ4v) is 7.89. The summed E-state index contributed by atoms with van der Waals surface area (Å²) in [5.74, 6) is 2.21. The fourth-order valence-electron chi connectivity index (χ4n) is 7.53. The first kappa shape index (κ1) is 46.6. The van der Waals surface area contributed by atoms with Crippen LogP contribution < -0.4 is 34.9 Å². The van der Waals surface area contributed by atoms with Crippen LogP contribution in [0.4, 0.5) is 31.8 Å². The smallest absolute Gasteiger partial charge is 0.239 e. The number of hydrogen-bond acceptors (Lipinski definition) is 14. The zero-order valence-electron chi connectivity index (χ0n) is 36.7. The van der Waals surface area contributed by atoms with Crippen molar-refractivity contribution in [2.75, 3.05) is 73.2 Å². The number of nitrogens with one attached hydrogen (secondary N) is 3. The Kier molecular flexibility index (Phi) is 14.5. The lowest BCUT2D eigenvalue weighted by Crippen LogP contribution is -2.40. The summed E-state index contributed by atoms with van der Waals surface area (Å²) in [4.78, 5) is 47.1. The SMILES string of the molecule is COc1cc2c(Nc3ccc(F)c(Cl)c3)ncnc2cc1O[C@@H]1CN[C@H](C(=O)N(C)C)C1.COc1cc2c(Nc3ccc(F)c(Cl)c3)ncnc2cc1O[C@H]1C[C@@H](C(=O)N(C)C)N(C)C1. The molecule has 4 aromatic carbocycles.